The molecule has 1 aliphatic heterocycles. The van der Waals surface area contributed by atoms with E-state index in [0.29, 0.717) is 18.4 Å². The van der Waals surface area contributed by atoms with Crippen molar-refractivity contribution in [1.29, 1.82) is 0 Å². The zero-order chi connectivity index (χ0) is 16.8. The summed E-state index contributed by atoms with van der Waals surface area (Å²) in [5.41, 5.74) is 3.58. The molecule has 0 radical (unpaired) electrons. The molecular formula is C19H21N5O. The van der Waals surface area contributed by atoms with Crippen LogP contribution in [0.1, 0.15) is 41.8 Å². The first-order valence-corrected chi connectivity index (χ1v) is 8.92. The van der Waals surface area contributed by atoms with E-state index in [9.17, 15) is 0 Å². The molecule has 3 aromatic rings. The Balaban J connectivity index is 1.31. The predicted molar refractivity (Wildman–Crippen MR) is 92.7 cm³/mol. The smallest absolute Gasteiger partial charge is 0.257 e. The standard InChI is InChI=1S/C19H21N5O/c1-23-16-9-10-24(11-15(16)20-18(23)13-7-8-13)12-17-21-19(25-22-17)14-5-3-2-4-6-14/h2-6,13H,7-12H2,1H3. The van der Waals surface area contributed by atoms with Crippen molar-refractivity contribution in [2.75, 3.05) is 6.54 Å². The number of benzene rings is 1. The minimum atomic E-state index is 0.585. The van der Waals surface area contributed by atoms with Gasteiger partial charge in [0.15, 0.2) is 5.82 Å². The van der Waals surface area contributed by atoms with Crippen LogP contribution >= 0.6 is 0 Å². The first-order chi connectivity index (χ1) is 12.3. The van der Waals surface area contributed by atoms with Crippen LogP contribution in [-0.4, -0.2) is 31.1 Å². The molecule has 0 atom stereocenters. The third kappa shape index (κ3) is 2.76. The topological polar surface area (TPSA) is 60.0 Å². The number of nitrogens with zero attached hydrogens (tertiary/aromatic N) is 5. The van der Waals surface area contributed by atoms with Crippen LogP contribution in [0.3, 0.4) is 0 Å². The van der Waals surface area contributed by atoms with Gasteiger partial charge >= 0.3 is 0 Å². The zero-order valence-corrected chi connectivity index (χ0v) is 14.4. The Morgan fingerprint density at radius 2 is 2.00 bits per heavy atom. The molecule has 2 aromatic heterocycles. The average Bonchev–Trinajstić information content (AvgIpc) is 3.30. The Bertz CT molecular complexity index is 894. The van der Waals surface area contributed by atoms with Gasteiger partial charge in [0.25, 0.3) is 5.89 Å². The van der Waals surface area contributed by atoms with Crippen molar-refractivity contribution < 1.29 is 4.52 Å². The van der Waals surface area contributed by atoms with E-state index < -0.39 is 0 Å². The molecule has 1 aromatic carbocycles. The van der Waals surface area contributed by atoms with Crippen LogP contribution in [0.2, 0.25) is 0 Å². The maximum Gasteiger partial charge on any atom is 0.257 e. The predicted octanol–water partition coefficient (Wildman–Crippen LogP) is 2.91. The first-order valence-electron chi connectivity index (χ1n) is 8.92. The molecule has 0 amide bonds. The van der Waals surface area contributed by atoms with Gasteiger partial charge in [-0.2, -0.15) is 4.98 Å². The number of fused-ring (bicyclic) bond motifs is 1. The van der Waals surface area contributed by atoms with E-state index in [1.54, 1.807) is 0 Å². The van der Waals surface area contributed by atoms with Crippen LogP contribution in [-0.2, 0) is 26.6 Å². The van der Waals surface area contributed by atoms with E-state index in [1.165, 1.54) is 30.1 Å². The Hall–Kier alpha value is -2.47. The fourth-order valence-electron chi connectivity index (χ4n) is 3.66. The molecule has 0 unspecified atom stereocenters. The molecule has 0 spiro atoms. The van der Waals surface area contributed by atoms with Crippen LogP contribution in [0, 0.1) is 0 Å². The third-order valence-electron chi connectivity index (χ3n) is 5.17. The lowest BCUT2D eigenvalue weighted by Gasteiger charge is -2.25. The van der Waals surface area contributed by atoms with Crippen molar-refractivity contribution in [3.05, 3.63) is 53.4 Å². The number of rotatable bonds is 4. The van der Waals surface area contributed by atoms with Crippen LogP contribution < -0.4 is 0 Å². The Morgan fingerprint density at radius 3 is 2.80 bits per heavy atom. The van der Waals surface area contributed by atoms with Crippen molar-refractivity contribution in [3.8, 4) is 11.5 Å². The van der Waals surface area contributed by atoms with Gasteiger partial charge in [0.2, 0.25) is 0 Å². The van der Waals surface area contributed by atoms with E-state index in [1.807, 2.05) is 30.3 Å². The number of aromatic nitrogens is 4. The van der Waals surface area contributed by atoms with Crippen molar-refractivity contribution in [2.24, 2.45) is 7.05 Å². The van der Waals surface area contributed by atoms with Crippen molar-refractivity contribution in [1.82, 2.24) is 24.6 Å². The van der Waals surface area contributed by atoms with Crippen LogP contribution in [0.15, 0.2) is 34.9 Å². The molecule has 25 heavy (non-hydrogen) atoms. The summed E-state index contributed by atoms with van der Waals surface area (Å²) in [5, 5.41) is 4.15. The summed E-state index contributed by atoms with van der Waals surface area (Å²) in [6.45, 7) is 2.57. The van der Waals surface area contributed by atoms with Crippen LogP contribution in [0.4, 0.5) is 0 Å². The molecule has 1 saturated carbocycles. The average molecular weight is 335 g/mol. The summed E-state index contributed by atoms with van der Waals surface area (Å²) < 4.78 is 7.74. The van der Waals surface area contributed by atoms with Crippen molar-refractivity contribution in [3.63, 3.8) is 0 Å². The molecule has 0 bridgehead atoms. The van der Waals surface area contributed by atoms with Crippen molar-refractivity contribution >= 4 is 0 Å². The number of imidazole rings is 1. The largest absolute Gasteiger partial charge is 0.335 e. The number of hydrogen-bond acceptors (Lipinski definition) is 5. The monoisotopic (exact) mass is 335 g/mol. The summed E-state index contributed by atoms with van der Waals surface area (Å²) in [7, 11) is 2.17. The van der Waals surface area contributed by atoms with E-state index in [0.717, 1.165) is 30.9 Å². The fraction of sp³-hybridized carbons (Fsp3) is 0.421. The molecule has 1 fully saturated rings. The second-order valence-electron chi connectivity index (χ2n) is 7.04. The molecular weight excluding hydrogens is 314 g/mol. The van der Waals surface area contributed by atoms with Crippen LogP contribution in [0.25, 0.3) is 11.5 Å². The summed E-state index contributed by atoms with van der Waals surface area (Å²) >= 11 is 0. The molecule has 3 heterocycles. The highest BCUT2D eigenvalue weighted by Crippen LogP contribution is 2.40. The molecule has 128 valence electrons. The maximum absolute atomic E-state index is 5.42. The fourth-order valence-corrected chi connectivity index (χ4v) is 3.66. The number of hydrogen-bond donors (Lipinski definition) is 0. The van der Waals surface area contributed by atoms with Gasteiger partial charge in [0.1, 0.15) is 5.82 Å². The zero-order valence-electron chi connectivity index (χ0n) is 14.4. The molecule has 6 heteroatoms. The quantitative estimate of drug-likeness (QED) is 0.734. The lowest BCUT2D eigenvalue weighted by molar-refractivity contribution is 0.230. The van der Waals surface area contributed by atoms with Crippen LogP contribution in [0.5, 0.6) is 0 Å². The molecule has 5 rings (SSSR count). The normalized spacial score (nSPS) is 17.6. The Kier molecular flexibility index (Phi) is 3.45. The SMILES string of the molecule is Cn1c(C2CC2)nc2c1CCN(Cc1noc(-c3ccccc3)n1)C2. The summed E-state index contributed by atoms with van der Waals surface area (Å²) in [5.74, 6) is 3.29. The summed E-state index contributed by atoms with van der Waals surface area (Å²) in [4.78, 5) is 11.8. The highest BCUT2D eigenvalue weighted by molar-refractivity contribution is 5.51. The lowest BCUT2D eigenvalue weighted by Crippen LogP contribution is -2.31. The first kappa shape index (κ1) is 14.8. The van der Waals surface area contributed by atoms with Gasteiger partial charge in [-0.05, 0) is 25.0 Å². The van der Waals surface area contributed by atoms with Gasteiger partial charge < -0.3 is 9.09 Å². The van der Waals surface area contributed by atoms with E-state index in [2.05, 4.69) is 26.7 Å². The summed E-state index contributed by atoms with van der Waals surface area (Å²) in [6, 6.07) is 9.90. The lowest BCUT2D eigenvalue weighted by atomic mass is 10.1. The third-order valence-corrected chi connectivity index (χ3v) is 5.17. The van der Waals surface area contributed by atoms with E-state index in [-0.39, 0.29) is 0 Å². The Morgan fingerprint density at radius 1 is 1.16 bits per heavy atom. The molecule has 1 aliphatic carbocycles. The van der Waals surface area contributed by atoms with E-state index >= 15 is 0 Å². The highest BCUT2D eigenvalue weighted by atomic mass is 16.5. The molecule has 2 aliphatic rings. The van der Waals surface area contributed by atoms with E-state index in [4.69, 9.17) is 9.51 Å². The maximum atomic E-state index is 5.42. The van der Waals surface area contributed by atoms with Gasteiger partial charge in [0.05, 0.1) is 12.2 Å². The van der Waals surface area contributed by atoms with Gasteiger partial charge in [-0.15, -0.1) is 0 Å². The van der Waals surface area contributed by atoms with Gasteiger partial charge in [-0.3, -0.25) is 4.90 Å². The highest BCUT2D eigenvalue weighted by Gasteiger charge is 2.32. The van der Waals surface area contributed by atoms with Crippen molar-refractivity contribution in [2.45, 2.75) is 38.3 Å². The van der Waals surface area contributed by atoms with Gasteiger partial charge in [-0.1, -0.05) is 23.4 Å². The van der Waals surface area contributed by atoms with Gasteiger partial charge in [-0.25, -0.2) is 4.98 Å². The summed E-state index contributed by atoms with van der Waals surface area (Å²) in [6.07, 6.45) is 3.62. The minimum Gasteiger partial charge on any atom is -0.335 e. The second-order valence-corrected chi connectivity index (χ2v) is 7.04. The molecule has 0 saturated heterocycles. The second kappa shape index (κ2) is 5.81. The van der Waals surface area contributed by atoms with Gasteiger partial charge in [0, 0.05) is 43.7 Å². The minimum absolute atomic E-state index is 0.585. The molecule has 0 N–H and O–H groups in total. The Labute approximate surface area is 146 Å². The molecule has 6 nitrogen and oxygen atoms in total.